The molecule has 1 saturated carbocycles. The van der Waals surface area contributed by atoms with Gasteiger partial charge in [0, 0.05) is 18.9 Å². The summed E-state index contributed by atoms with van der Waals surface area (Å²) in [7, 11) is 0. The highest BCUT2D eigenvalue weighted by molar-refractivity contribution is 5.81. The zero-order chi connectivity index (χ0) is 14.9. The molecule has 1 aromatic carbocycles. The second-order valence-electron chi connectivity index (χ2n) is 6.51. The molecule has 0 radical (unpaired) electrons. The first-order valence-electron chi connectivity index (χ1n) is 7.70. The van der Waals surface area contributed by atoms with Crippen molar-refractivity contribution in [1.82, 2.24) is 4.90 Å². The molecule has 2 fully saturated rings. The lowest BCUT2D eigenvalue weighted by molar-refractivity contribution is -0.135. The molecule has 114 valence electrons. The lowest BCUT2D eigenvalue weighted by atomic mass is 10.0. The zero-order valence-corrected chi connectivity index (χ0v) is 12.5. The van der Waals surface area contributed by atoms with Gasteiger partial charge in [0.25, 0.3) is 0 Å². The Morgan fingerprint density at radius 1 is 1.38 bits per heavy atom. The van der Waals surface area contributed by atoms with Gasteiger partial charge in [0.05, 0.1) is 24.9 Å². The number of aliphatic hydroxyl groups excluding tert-OH is 1. The topological polar surface area (TPSA) is 49.8 Å². The first-order valence-corrected chi connectivity index (χ1v) is 7.70. The smallest absolute Gasteiger partial charge is 0.226 e. The van der Waals surface area contributed by atoms with E-state index in [1.807, 2.05) is 42.2 Å². The van der Waals surface area contributed by atoms with E-state index in [4.69, 9.17) is 4.74 Å². The largest absolute Gasteiger partial charge is 0.394 e. The van der Waals surface area contributed by atoms with Crippen LogP contribution in [0.5, 0.6) is 0 Å². The Hall–Kier alpha value is -1.39. The Balaban J connectivity index is 1.63. The van der Waals surface area contributed by atoms with E-state index in [1.165, 1.54) is 0 Å². The van der Waals surface area contributed by atoms with E-state index in [1.54, 1.807) is 0 Å². The first-order chi connectivity index (χ1) is 10.1. The number of nitrogens with zero attached hydrogens (tertiary/aromatic N) is 1. The number of aliphatic hydroxyl groups is 1. The highest BCUT2D eigenvalue weighted by Crippen LogP contribution is 2.37. The normalized spacial score (nSPS) is 28.9. The third kappa shape index (κ3) is 3.27. The van der Waals surface area contributed by atoms with E-state index in [-0.39, 0.29) is 30.1 Å². The number of ether oxygens (including phenoxy) is 1. The maximum atomic E-state index is 12.3. The highest BCUT2D eigenvalue weighted by Gasteiger charge is 2.46. The number of hydrogen-bond acceptors (Lipinski definition) is 3. The Morgan fingerprint density at radius 3 is 2.71 bits per heavy atom. The van der Waals surface area contributed by atoms with E-state index in [0.29, 0.717) is 19.6 Å². The molecule has 1 aromatic rings. The van der Waals surface area contributed by atoms with Crippen LogP contribution in [0.3, 0.4) is 0 Å². The summed E-state index contributed by atoms with van der Waals surface area (Å²) in [5, 5.41) is 9.56. The second-order valence-corrected chi connectivity index (χ2v) is 6.51. The number of rotatable bonds is 5. The quantitative estimate of drug-likeness (QED) is 0.901. The van der Waals surface area contributed by atoms with Crippen LogP contribution in [0.4, 0.5) is 0 Å². The molecule has 21 heavy (non-hydrogen) atoms. The van der Waals surface area contributed by atoms with E-state index in [2.05, 4.69) is 0 Å². The summed E-state index contributed by atoms with van der Waals surface area (Å²) in [6, 6.07) is 9.95. The molecule has 0 bridgehead atoms. The molecule has 1 saturated heterocycles. The fraction of sp³-hybridized carbons (Fsp3) is 0.588. The maximum Gasteiger partial charge on any atom is 0.226 e. The van der Waals surface area contributed by atoms with Crippen molar-refractivity contribution in [3.8, 4) is 0 Å². The number of carbonyl (C=O) groups excluding carboxylic acids is 1. The summed E-state index contributed by atoms with van der Waals surface area (Å²) < 4.78 is 6.08. The monoisotopic (exact) mass is 289 g/mol. The van der Waals surface area contributed by atoms with Crippen LogP contribution < -0.4 is 0 Å². The average Bonchev–Trinajstić information content (AvgIpc) is 3.29. The molecule has 4 nitrogen and oxygen atoms in total. The van der Waals surface area contributed by atoms with Gasteiger partial charge in [0.2, 0.25) is 5.91 Å². The van der Waals surface area contributed by atoms with Gasteiger partial charge in [0.1, 0.15) is 0 Å². The van der Waals surface area contributed by atoms with Crippen molar-refractivity contribution in [3.63, 3.8) is 0 Å². The van der Waals surface area contributed by atoms with E-state index in [0.717, 1.165) is 18.4 Å². The van der Waals surface area contributed by atoms with Crippen LogP contribution in [0.2, 0.25) is 0 Å². The van der Waals surface area contributed by atoms with Crippen LogP contribution in [-0.4, -0.2) is 40.7 Å². The van der Waals surface area contributed by atoms with Crippen molar-refractivity contribution in [3.05, 3.63) is 35.9 Å². The molecule has 3 rings (SSSR count). The van der Waals surface area contributed by atoms with Crippen molar-refractivity contribution < 1.29 is 14.6 Å². The minimum atomic E-state index is -0.367. The Kier molecular flexibility index (Phi) is 4.00. The van der Waals surface area contributed by atoms with Gasteiger partial charge in [-0.2, -0.15) is 0 Å². The molecular weight excluding hydrogens is 266 g/mol. The predicted octanol–water partition coefficient (Wildman–Crippen LogP) is 1.97. The van der Waals surface area contributed by atoms with Crippen molar-refractivity contribution >= 4 is 5.91 Å². The molecule has 1 amide bonds. The number of amides is 1. The molecule has 0 spiro atoms. The van der Waals surface area contributed by atoms with E-state index in [9.17, 15) is 9.90 Å². The molecule has 2 aliphatic rings. The predicted molar refractivity (Wildman–Crippen MR) is 79.6 cm³/mol. The Labute approximate surface area is 125 Å². The number of carbonyl (C=O) groups is 1. The lowest BCUT2D eigenvalue weighted by Gasteiger charge is -2.25. The molecule has 4 heteroatoms. The van der Waals surface area contributed by atoms with Gasteiger partial charge in [-0.25, -0.2) is 0 Å². The average molecular weight is 289 g/mol. The first kappa shape index (κ1) is 14.5. The van der Waals surface area contributed by atoms with Crippen molar-refractivity contribution in [2.45, 2.75) is 44.4 Å². The molecule has 1 aliphatic carbocycles. The zero-order valence-electron chi connectivity index (χ0n) is 12.5. The molecule has 1 heterocycles. The number of likely N-dealkylation sites (tertiary alicyclic amines) is 1. The lowest BCUT2D eigenvalue weighted by Crippen LogP contribution is -2.40. The number of benzene rings is 1. The minimum Gasteiger partial charge on any atom is -0.394 e. The summed E-state index contributed by atoms with van der Waals surface area (Å²) in [5.41, 5.74) is 0.764. The Bertz CT molecular complexity index is 500. The maximum absolute atomic E-state index is 12.3. The molecule has 0 aromatic heterocycles. The van der Waals surface area contributed by atoms with Gasteiger partial charge >= 0.3 is 0 Å². The van der Waals surface area contributed by atoms with Gasteiger partial charge < -0.3 is 14.7 Å². The van der Waals surface area contributed by atoms with Gasteiger partial charge in [-0.3, -0.25) is 4.79 Å². The van der Waals surface area contributed by atoms with Gasteiger partial charge in [-0.05, 0) is 25.3 Å². The highest BCUT2D eigenvalue weighted by atomic mass is 16.5. The van der Waals surface area contributed by atoms with Gasteiger partial charge in [0.15, 0.2) is 0 Å². The minimum absolute atomic E-state index is 0.0166. The van der Waals surface area contributed by atoms with Crippen LogP contribution in [0.1, 0.15) is 31.7 Å². The van der Waals surface area contributed by atoms with Crippen molar-refractivity contribution in [2.24, 2.45) is 5.92 Å². The fourth-order valence-corrected chi connectivity index (χ4v) is 3.08. The van der Waals surface area contributed by atoms with Crippen LogP contribution >= 0.6 is 0 Å². The van der Waals surface area contributed by atoms with Crippen LogP contribution in [0.15, 0.2) is 30.3 Å². The number of hydrogen-bond donors (Lipinski definition) is 1. The molecule has 1 aliphatic heterocycles. The van der Waals surface area contributed by atoms with Gasteiger partial charge in [-0.15, -0.1) is 0 Å². The molecule has 1 N–H and O–H groups in total. The van der Waals surface area contributed by atoms with Crippen LogP contribution in [0, 0.1) is 5.92 Å². The second kappa shape index (κ2) is 5.78. The fourth-order valence-electron chi connectivity index (χ4n) is 3.08. The van der Waals surface area contributed by atoms with Crippen molar-refractivity contribution in [1.29, 1.82) is 0 Å². The molecule has 2 atom stereocenters. The molecular formula is C17H23NO3. The van der Waals surface area contributed by atoms with E-state index < -0.39 is 0 Å². The molecule has 0 unspecified atom stereocenters. The van der Waals surface area contributed by atoms with Crippen molar-refractivity contribution in [2.75, 3.05) is 13.2 Å². The third-order valence-corrected chi connectivity index (χ3v) is 4.46. The van der Waals surface area contributed by atoms with Crippen LogP contribution in [-0.2, 0) is 16.1 Å². The third-order valence-electron chi connectivity index (χ3n) is 4.46. The SMILES string of the molecule is C[C@]1(OCc2ccccc2)C[C@H](CO)N(C(=O)C2CC2)C1. The summed E-state index contributed by atoms with van der Waals surface area (Å²) in [6.07, 6.45) is 2.69. The summed E-state index contributed by atoms with van der Waals surface area (Å²) >= 11 is 0. The standard InChI is InChI=1S/C17H23NO3/c1-17(21-11-13-5-3-2-4-6-13)9-15(10-19)18(12-17)16(20)14-7-8-14/h2-6,14-15,19H,7-12H2,1H3/t15-,17+/m1/s1. The Morgan fingerprint density at radius 2 is 2.10 bits per heavy atom. The summed E-state index contributed by atoms with van der Waals surface area (Å²) in [6.45, 7) is 3.18. The summed E-state index contributed by atoms with van der Waals surface area (Å²) in [4.78, 5) is 14.1. The van der Waals surface area contributed by atoms with Crippen LogP contribution in [0.25, 0.3) is 0 Å². The van der Waals surface area contributed by atoms with E-state index >= 15 is 0 Å². The summed E-state index contributed by atoms with van der Waals surface area (Å²) in [5.74, 6) is 0.386. The van der Waals surface area contributed by atoms with Gasteiger partial charge in [-0.1, -0.05) is 30.3 Å².